The average Bonchev–Trinajstić information content (AvgIpc) is 4.47. The van der Waals surface area contributed by atoms with Crippen molar-refractivity contribution in [1.29, 1.82) is 0 Å². The summed E-state index contributed by atoms with van der Waals surface area (Å²) >= 11 is 5.29. The van der Waals surface area contributed by atoms with E-state index in [1.165, 1.54) is 5.56 Å². The minimum Gasteiger partial charge on any atom is -0.378 e. The number of hydrogen-bond acceptors (Lipinski definition) is 17. The lowest BCUT2D eigenvalue weighted by molar-refractivity contribution is -0.170. The lowest BCUT2D eigenvalue weighted by atomic mass is 9.72. The first-order valence-electron chi connectivity index (χ1n) is 33.9. The van der Waals surface area contributed by atoms with Crippen LogP contribution in [0.3, 0.4) is 0 Å². The molecule has 5 N–H and O–H groups in total. The van der Waals surface area contributed by atoms with Gasteiger partial charge in [0.05, 0.1) is 71.8 Å². The second kappa shape index (κ2) is 40.4. The molecule has 4 fully saturated rings. The Morgan fingerprint density at radius 2 is 0.966 bits per heavy atom. The van der Waals surface area contributed by atoms with E-state index >= 15 is 0 Å². The normalized spacial score (nSPS) is 28.0. The number of nitrogens with one attached hydrogen (secondary N) is 3. The standard InChI is InChI=1S/C67H111N7O11S3/c1-6-11-38-81-57-50(22-21-49-19-17-16-18-20-49)51(23-26-54(57)65(78)72-35-43-86-46-72)62(75)68-29-32-71(33-30-69-63(76)52-24-27-55(66(79)73-36-44-87-47-73)60(84-41-14-9-4)58(52)82-39-12-7-2)34-31-70-64(77)53-25-28-56(67(80)74-37-45-88-48-74)61(85-42-15-10-5)59(53)83-40-13-8-3/h16-20,23-24,26-27,50-63,68-69,75-76H,6-15,21-22,25,28-48H2,1-5H3,(H,70,77)/t50?,51-,52-,53+,54+,55+,56-,57?,58?,59?,60?,61?,62-,63-/m0/s1. The molecule has 1 saturated carbocycles. The Balaban J connectivity index is 1.08. The van der Waals surface area contributed by atoms with Crippen molar-refractivity contribution < 1.29 is 53.1 Å². The van der Waals surface area contributed by atoms with Crippen LogP contribution in [0.5, 0.6) is 0 Å². The SMILES string of the molecule is CCCCOC1C(OCCCC)[C@H](C(=O)NCCN(CCN[C@@H](O)[C@H]2C=C[C@@H](C(=O)N3CCSC3)C(OCCCC)C2CCc2ccccc2)CCN[C@@H](O)[C@H]2C=C[C@@H](C(=O)N3CCSC3)C(OCCCC)C2OCCCC)CC[C@@H]1C(=O)N1CCSC1. The molecule has 3 aliphatic heterocycles. The van der Waals surface area contributed by atoms with Gasteiger partial charge in [-0.15, -0.1) is 35.3 Å². The molecule has 18 nitrogen and oxygen atoms in total. The number of benzene rings is 1. The minimum atomic E-state index is -1.03. The van der Waals surface area contributed by atoms with Crippen molar-refractivity contribution in [3.8, 4) is 0 Å². The quantitative estimate of drug-likeness (QED) is 0.0244. The van der Waals surface area contributed by atoms with Crippen molar-refractivity contribution in [2.24, 2.45) is 41.4 Å². The van der Waals surface area contributed by atoms with Gasteiger partial charge in [-0.1, -0.05) is 121 Å². The number of aryl methyl sites for hydroxylation is 1. The summed E-state index contributed by atoms with van der Waals surface area (Å²) in [6, 6.07) is 10.4. The molecule has 21 heteroatoms. The molecule has 1 aromatic rings. The molecule has 4 amide bonds. The number of carbonyl (C=O) groups is 4. The molecule has 6 aliphatic rings. The van der Waals surface area contributed by atoms with Crippen LogP contribution in [0.15, 0.2) is 54.6 Å². The Labute approximate surface area is 540 Å². The van der Waals surface area contributed by atoms with Crippen molar-refractivity contribution in [2.75, 3.05) is 127 Å². The first-order valence-corrected chi connectivity index (χ1v) is 37.4. The molecule has 7 rings (SSSR count). The molecule has 0 radical (unpaired) electrons. The topological polar surface area (TPSA) is 204 Å². The maximum Gasteiger partial charge on any atom is 0.232 e. The number of carbonyl (C=O) groups excluding carboxylic acids is 4. The van der Waals surface area contributed by atoms with Gasteiger partial charge in [0.2, 0.25) is 23.6 Å². The number of amides is 4. The highest BCUT2D eigenvalue weighted by Crippen LogP contribution is 2.40. The van der Waals surface area contributed by atoms with Gasteiger partial charge in [-0.2, -0.15) is 0 Å². The molecule has 88 heavy (non-hydrogen) atoms. The molecule has 0 bridgehead atoms. The second-order valence-corrected chi connectivity index (χ2v) is 28.0. The number of thioether (sulfide) groups is 3. The summed E-state index contributed by atoms with van der Waals surface area (Å²) in [5, 5.41) is 34.7. The number of ether oxygens (including phenoxy) is 5. The van der Waals surface area contributed by atoms with E-state index in [1.54, 1.807) is 35.3 Å². The largest absolute Gasteiger partial charge is 0.378 e. The van der Waals surface area contributed by atoms with Crippen LogP contribution in [0.2, 0.25) is 0 Å². The Morgan fingerprint density at radius 1 is 0.534 bits per heavy atom. The Bertz CT molecular complexity index is 2230. The van der Waals surface area contributed by atoms with E-state index in [4.69, 9.17) is 23.7 Å². The van der Waals surface area contributed by atoms with Crippen LogP contribution in [0.25, 0.3) is 0 Å². The smallest absolute Gasteiger partial charge is 0.232 e. The van der Waals surface area contributed by atoms with Crippen LogP contribution in [0.4, 0.5) is 0 Å². The van der Waals surface area contributed by atoms with Gasteiger partial charge in [0.15, 0.2) is 0 Å². The van der Waals surface area contributed by atoms with Gasteiger partial charge in [0, 0.05) is 121 Å². The third kappa shape index (κ3) is 21.6. The molecule has 3 heterocycles. The number of nitrogens with zero attached hydrogens (tertiary/aromatic N) is 4. The Morgan fingerprint density at radius 3 is 1.48 bits per heavy atom. The zero-order valence-electron chi connectivity index (χ0n) is 53.9. The molecule has 3 saturated heterocycles. The zero-order valence-corrected chi connectivity index (χ0v) is 56.4. The maximum atomic E-state index is 14.6. The van der Waals surface area contributed by atoms with Crippen LogP contribution < -0.4 is 16.0 Å². The molecule has 3 aliphatic carbocycles. The van der Waals surface area contributed by atoms with Crippen LogP contribution in [0.1, 0.15) is 124 Å². The number of unbranched alkanes of at least 4 members (excludes halogenated alkanes) is 5. The number of rotatable bonds is 40. The summed E-state index contributed by atoms with van der Waals surface area (Å²) in [6.07, 6.45) is 14.8. The van der Waals surface area contributed by atoms with Gasteiger partial charge in [-0.25, -0.2) is 0 Å². The molecule has 6 unspecified atom stereocenters. The molecule has 0 aromatic heterocycles. The molecule has 14 atom stereocenters. The fourth-order valence-corrected chi connectivity index (χ4v) is 15.9. The summed E-state index contributed by atoms with van der Waals surface area (Å²) in [7, 11) is 0. The zero-order chi connectivity index (χ0) is 62.5. The predicted molar refractivity (Wildman–Crippen MR) is 355 cm³/mol. The Kier molecular flexibility index (Phi) is 33.3. The van der Waals surface area contributed by atoms with E-state index in [2.05, 4.69) is 67.6 Å². The molecular weight excluding hydrogens is 1170 g/mol. The summed E-state index contributed by atoms with van der Waals surface area (Å²) in [5.74, 6) is 1.99. The molecule has 0 spiro atoms. The van der Waals surface area contributed by atoms with Crippen LogP contribution in [0, 0.1) is 41.4 Å². The van der Waals surface area contributed by atoms with Crippen LogP contribution >= 0.6 is 35.3 Å². The first kappa shape index (κ1) is 72.7. The van der Waals surface area contributed by atoms with E-state index in [1.807, 2.05) is 57.2 Å². The maximum absolute atomic E-state index is 14.6. The minimum absolute atomic E-state index is 0.0341. The van der Waals surface area contributed by atoms with Gasteiger partial charge in [-0.3, -0.25) is 34.7 Å². The third-order valence-corrected chi connectivity index (χ3v) is 21.3. The molecule has 498 valence electrons. The number of aliphatic hydroxyl groups excluding tert-OH is 2. The van der Waals surface area contributed by atoms with Gasteiger partial charge in [0.1, 0.15) is 12.5 Å². The van der Waals surface area contributed by atoms with Gasteiger partial charge in [0.25, 0.3) is 0 Å². The van der Waals surface area contributed by atoms with E-state index in [0.717, 1.165) is 107 Å². The van der Waals surface area contributed by atoms with E-state index in [9.17, 15) is 29.4 Å². The van der Waals surface area contributed by atoms with E-state index in [-0.39, 0.29) is 41.4 Å². The van der Waals surface area contributed by atoms with Crippen molar-refractivity contribution >= 4 is 58.9 Å². The van der Waals surface area contributed by atoms with Crippen molar-refractivity contribution in [2.45, 2.75) is 167 Å². The monoisotopic (exact) mass is 1290 g/mol. The summed E-state index contributed by atoms with van der Waals surface area (Å²) in [6.45, 7) is 17.8. The highest BCUT2D eigenvalue weighted by atomic mass is 32.2. The van der Waals surface area contributed by atoms with Gasteiger partial charge >= 0.3 is 0 Å². The highest BCUT2D eigenvalue weighted by Gasteiger charge is 2.49. The third-order valence-electron chi connectivity index (χ3n) is 18.4. The van der Waals surface area contributed by atoms with Crippen molar-refractivity contribution in [3.05, 3.63) is 60.2 Å². The first-order chi connectivity index (χ1) is 43.0. The van der Waals surface area contributed by atoms with Crippen LogP contribution in [-0.4, -0.2) is 223 Å². The van der Waals surface area contributed by atoms with Crippen LogP contribution in [-0.2, 0) is 49.3 Å². The highest BCUT2D eigenvalue weighted by molar-refractivity contribution is 7.99. The lowest BCUT2D eigenvalue weighted by Gasteiger charge is -2.42. The van der Waals surface area contributed by atoms with Gasteiger partial charge < -0.3 is 53.9 Å². The summed E-state index contributed by atoms with van der Waals surface area (Å²) in [4.78, 5) is 65.1. The van der Waals surface area contributed by atoms with Crippen molar-refractivity contribution in [1.82, 2.24) is 35.6 Å². The average molecular weight is 1290 g/mol. The summed E-state index contributed by atoms with van der Waals surface area (Å²) in [5.41, 5.74) is 1.19. The second-order valence-electron chi connectivity index (χ2n) is 24.7. The summed E-state index contributed by atoms with van der Waals surface area (Å²) < 4.78 is 33.2. The lowest BCUT2D eigenvalue weighted by Crippen LogP contribution is -2.56. The van der Waals surface area contributed by atoms with Gasteiger partial charge in [-0.05, 0) is 69.3 Å². The molecule has 1 aromatic carbocycles. The molecular formula is C67H111N7O11S3. The van der Waals surface area contributed by atoms with Crippen molar-refractivity contribution in [3.63, 3.8) is 0 Å². The van der Waals surface area contributed by atoms with E-state index in [0.29, 0.717) is 109 Å². The Hall–Kier alpha value is -2.77. The van der Waals surface area contributed by atoms with E-state index < -0.39 is 66.6 Å². The fraction of sp³-hybridized carbons (Fsp3) is 0.791. The predicted octanol–water partition coefficient (Wildman–Crippen LogP) is 7.63. The fourth-order valence-electron chi connectivity index (χ4n) is 13.1. The number of hydrogen-bond donors (Lipinski definition) is 5. The number of aliphatic hydroxyl groups is 2.